The maximum atomic E-state index is 11.7. The molecule has 0 bridgehead atoms. The summed E-state index contributed by atoms with van der Waals surface area (Å²) in [5.41, 5.74) is 5.74. The van der Waals surface area contributed by atoms with E-state index in [1.165, 1.54) is 25.7 Å². The Hall–Kier alpha value is -1.36. The first kappa shape index (κ1) is 14.1. The van der Waals surface area contributed by atoms with Crippen molar-refractivity contribution in [2.45, 2.75) is 57.9 Å². The van der Waals surface area contributed by atoms with Crippen molar-refractivity contribution in [2.24, 2.45) is 11.7 Å². The van der Waals surface area contributed by atoms with Crippen molar-refractivity contribution < 1.29 is 9.32 Å². The van der Waals surface area contributed by atoms with E-state index in [9.17, 15) is 4.79 Å². The van der Waals surface area contributed by atoms with Crippen LogP contribution in [0.4, 0.5) is 5.82 Å². The topological polar surface area (TPSA) is 81.2 Å². The molecule has 1 saturated carbocycles. The van der Waals surface area contributed by atoms with Crippen LogP contribution in [0.15, 0.2) is 10.6 Å². The molecule has 19 heavy (non-hydrogen) atoms. The van der Waals surface area contributed by atoms with E-state index in [4.69, 9.17) is 10.3 Å². The maximum Gasteiger partial charge on any atom is 0.242 e. The predicted molar refractivity (Wildman–Crippen MR) is 73.7 cm³/mol. The molecule has 1 aliphatic carbocycles. The second-order valence-corrected chi connectivity index (χ2v) is 5.42. The van der Waals surface area contributed by atoms with Gasteiger partial charge < -0.3 is 15.6 Å². The van der Waals surface area contributed by atoms with Gasteiger partial charge in [-0.3, -0.25) is 4.79 Å². The number of rotatable bonds is 6. The number of amides is 1. The van der Waals surface area contributed by atoms with Crippen LogP contribution in [0.1, 0.15) is 51.2 Å². The van der Waals surface area contributed by atoms with Crippen LogP contribution < -0.4 is 11.1 Å². The van der Waals surface area contributed by atoms with Crippen molar-refractivity contribution in [3.05, 3.63) is 11.8 Å². The first-order chi connectivity index (χ1) is 9.19. The number of anilines is 1. The molecule has 106 valence electrons. The number of aromatic nitrogens is 1. The Bertz CT molecular complexity index is 411. The van der Waals surface area contributed by atoms with Crippen molar-refractivity contribution in [3.8, 4) is 0 Å². The number of carbonyl (C=O) groups is 1. The molecule has 5 nitrogen and oxygen atoms in total. The highest BCUT2D eigenvalue weighted by molar-refractivity contribution is 5.93. The largest absolute Gasteiger partial charge is 0.359 e. The van der Waals surface area contributed by atoms with Gasteiger partial charge in [0, 0.05) is 12.5 Å². The summed E-state index contributed by atoms with van der Waals surface area (Å²) < 4.78 is 5.26. The van der Waals surface area contributed by atoms with E-state index in [1.54, 1.807) is 0 Å². The molecule has 1 amide bonds. The van der Waals surface area contributed by atoms with Gasteiger partial charge in [0.1, 0.15) is 5.76 Å². The van der Waals surface area contributed by atoms with Crippen molar-refractivity contribution in [2.75, 3.05) is 5.32 Å². The Balaban J connectivity index is 1.84. The Kier molecular flexibility index (Phi) is 4.96. The van der Waals surface area contributed by atoms with Gasteiger partial charge in [0.2, 0.25) is 5.91 Å². The lowest BCUT2D eigenvalue weighted by atomic mass is 10.0. The van der Waals surface area contributed by atoms with Crippen molar-refractivity contribution >= 4 is 11.7 Å². The molecule has 1 unspecified atom stereocenters. The summed E-state index contributed by atoms with van der Waals surface area (Å²) in [6.07, 6.45) is 7.65. The quantitative estimate of drug-likeness (QED) is 0.828. The summed E-state index contributed by atoms with van der Waals surface area (Å²) in [6.45, 7) is 2.00. The smallest absolute Gasteiger partial charge is 0.242 e. The van der Waals surface area contributed by atoms with Gasteiger partial charge in [-0.1, -0.05) is 44.2 Å². The lowest BCUT2D eigenvalue weighted by Gasteiger charge is -2.08. The fourth-order valence-corrected chi connectivity index (χ4v) is 2.63. The molecule has 1 atom stereocenters. The summed E-state index contributed by atoms with van der Waals surface area (Å²) in [6, 6.07) is 1.34. The van der Waals surface area contributed by atoms with Crippen molar-refractivity contribution in [1.82, 2.24) is 5.16 Å². The molecule has 1 aliphatic rings. The monoisotopic (exact) mass is 265 g/mol. The van der Waals surface area contributed by atoms with Crippen LogP contribution in [0.2, 0.25) is 0 Å². The molecule has 1 heterocycles. The van der Waals surface area contributed by atoms with E-state index in [0.717, 1.165) is 18.6 Å². The molecule has 1 fully saturated rings. The van der Waals surface area contributed by atoms with E-state index in [2.05, 4.69) is 10.5 Å². The van der Waals surface area contributed by atoms with Crippen LogP contribution in [0, 0.1) is 5.92 Å². The average molecular weight is 265 g/mol. The van der Waals surface area contributed by atoms with Gasteiger partial charge in [0.15, 0.2) is 5.82 Å². The summed E-state index contributed by atoms with van der Waals surface area (Å²) >= 11 is 0. The highest BCUT2D eigenvalue weighted by Gasteiger charge is 2.19. The van der Waals surface area contributed by atoms with Gasteiger partial charge >= 0.3 is 0 Å². The number of nitrogens with one attached hydrogen (secondary N) is 1. The van der Waals surface area contributed by atoms with Gasteiger partial charge in [-0.15, -0.1) is 0 Å². The fraction of sp³-hybridized carbons (Fsp3) is 0.714. The van der Waals surface area contributed by atoms with Crippen LogP contribution in [0.25, 0.3) is 0 Å². The number of carbonyl (C=O) groups excluding carboxylic acids is 1. The third-order valence-electron chi connectivity index (χ3n) is 3.71. The van der Waals surface area contributed by atoms with E-state index in [1.807, 2.05) is 13.0 Å². The molecule has 1 aromatic rings. The molecular weight excluding hydrogens is 242 g/mol. The van der Waals surface area contributed by atoms with Gasteiger partial charge in [-0.2, -0.15) is 0 Å². The van der Waals surface area contributed by atoms with Gasteiger partial charge in [0.25, 0.3) is 0 Å². The Morgan fingerprint density at radius 1 is 1.58 bits per heavy atom. The minimum atomic E-state index is -0.472. The minimum Gasteiger partial charge on any atom is -0.359 e. The number of hydrogen-bond acceptors (Lipinski definition) is 4. The van der Waals surface area contributed by atoms with Gasteiger partial charge in [-0.25, -0.2) is 0 Å². The zero-order valence-electron chi connectivity index (χ0n) is 11.5. The lowest BCUT2D eigenvalue weighted by Crippen LogP contribution is -2.35. The second-order valence-electron chi connectivity index (χ2n) is 5.42. The summed E-state index contributed by atoms with van der Waals surface area (Å²) in [7, 11) is 0. The average Bonchev–Trinajstić information content (AvgIpc) is 3.02. The molecular formula is C14H23N3O2. The molecule has 0 spiro atoms. The van der Waals surface area contributed by atoms with Crippen LogP contribution in [-0.4, -0.2) is 17.1 Å². The van der Waals surface area contributed by atoms with Gasteiger partial charge in [-0.05, 0) is 12.3 Å². The van der Waals surface area contributed by atoms with Crippen molar-refractivity contribution in [3.63, 3.8) is 0 Å². The standard InChI is InChI=1S/C14H23N3O2/c1-2-5-12(15)14(18)16-13-9-11(19-17-13)8-10-6-3-4-7-10/h9-10,12H,2-8,15H2,1H3,(H,16,17,18). The molecule has 5 heteroatoms. The Morgan fingerprint density at radius 2 is 2.32 bits per heavy atom. The highest BCUT2D eigenvalue weighted by Crippen LogP contribution is 2.28. The molecule has 0 aromatic carbocycles. The third-order valence-corrected chi connectivity index (χ3v) is 3.71. The number of hydrogen-bond donors (Lipinski definition) is 2. The molecule has 0 aliphatic heterocycles. The SMILES string of the molecule is CCCC(N)C(=O)Nc1cc(CC2CCCC2)on1. The zero-order valence-corrected chi connectivity index (χ0v) is 11.5. The summed E-state index contributed by atoms with van der Waals surface area (Å²) in [5, 5.41) is 6.58. The predicted octanol–water partition coefficient (Wildman–Crippen LogP) is 2.47. The van der Waals surface area contributed by atoms with Crippen LogP contribution >= 0.6 is 0 Å². The molecule has 0 radical (unpaired) electrons. The Morgan fingerprint density at radius 3 is 3.00 bits per heavy atom. The van der Waals surface area contributed by atoms with Crippen molar-refractivity contribution in [1.29, 1.82) is 0 Å². The van der Waals surface area contributed by atoms with Crippen LogP contribution in [0.5, 0.6) is 0 Å². The number of nitrogens with two attached hydrogens (primary N) is 1. The first-order valence-electron chi connectivity index (χ1n) is 7.21. The minimum absolute atomic E-state index is 0.192. The van der Waals surface area contributed by atoms with Crippen LogP contribution in [0.3, 0.4) is 0 Å². The normalized spacial score (nSPS) is 17.6. The fourth-order valence-electron chi connectivity index (χ4n) is 2.63. The Labute approximate surface area is 113 Å². The van der Waals surface area contributed by atoms with Gasteiger partial charge in [0.05, 0.1) is 6.04 Å². The molecule has 3 N–H and O–H groups in total. The molecule has 2 rings (SSSR count). The molecule has 0 saturated heterocycles. The highest BCUT2D eigenvalue weighted by atomic mass is 16.5. The van der Waals surface area contributed by atoms with E-state index in [-0.39, 0.29) is 5.91 Å². The second kappa shape index (κ2) is 6.70. The van der Waals surface area contributed by atoms with E-state index >= 15 is 0 Å². The summed E-state index contributed by atoms with van der Waals surface area (Å²) in [5.74, 6) is 1.84. The van der Waals surface area contributed by atoms with E-state index < -0.39 is 6.04 Å². The lowest BCUT2D eigenvalue weighted by molar-refractivity contribution is -0.117. The first-order valence-corrected chi connectivity index (χ1v) is 7.21. The maximum absolute atomic E-state index is 11.7. The van der Waals surface area contributed by atoms with Crippen LogP contribution in [-0.2, 0) is 11.2 Å². The zero-order chi connectivity index (χ0) is 13.7. The number of nitrogens with zero attached hydrogens (tertiary/aromatic N) is 1. The summed E-state index contributed by atoms with van der Waals surface area (Å²) in [4.78, 5) is 11.7. The van der Waals surface area contributed by atoms with E-state index in [0.29, 0.717) is 18.2 Å². The third kappa shape index (κ3) is 4.06. The molecule has 1 aromatic heterocycles.